The Morgan fingerprint density at radius 2 is 1.57 bits per heavy atom. The van der Waals surface area contributed by atoms with Gasteiger partial charge >= 0.3 is 5.97 Å². The van der Waals surface area contributed by atoms with Crippen molar-refractivity contribution in [1.29, 1.82) is 0 Å². The number of amides is 1. The minimum absolute atomic E-state index is 0.00654. The van der Waals surface area contributed by atoms with E-state index in [0.29, 0.717) is 51.4 Å². The van der Waals surface area contributed by atoms with E-state index in [4.69, 9.17) is 28.4 Å². The fourth-order valence-electron chi connectivity index (χ4n) is 10.7. The van der Waals surface area contributed by atoms with Crippen LogP contribution in [0.1, 0.15) is 132 Å². The summed E-state index contributed by atoms with van der Waals surface area (Å²) in [7, 11) is 4.78. The van der Waals surface area contributed by atoms with Crippen LogP contribution in [-0.2, 0) is 52.4 Å². The van der Waals surface area contributed by atoms with E-state index in [1.54, 1.807) is 28.1 Å². The van der Waals surface area contributed by atoms with Crippen LogP contribution in [0.4, 0.5) is 0 Å². The monoisotopic (exact) mass is 956 g/mol. The second-order valence-electron chi connectivity index (χ2n) is 20.5. The molecule has 2 bridgehead atoms. The number of rotatable bonds is 9. The number of ketones is 3. The molecule has 14 nitrogen and oxygen atoms in total. The molecule has 14 heteroatoms. The van der Waals surface area contributed by atoms with Gasteiger partial charge in [-0.3, -0.25) is 19.2 Å². The third-order valence-corrected chi connectivity index (χ3v) is 15.3. The molecule has 1 saturated carbocycles. The fraction of sp³-hybridized carbons (Fsp3) is 0.759. The number of cyclic esters (lactones) is 1. The second-order valence-corrected chi connectivity index (χ2v) is 20.5. The maximum absolute atomic E-state index is 14.5. The molecule has 0 spiro atoms. The number of Topliss-reactive ketones (excluding diaryl/α,β-unsaturated/α-hetero) is 3. The van der Waals surface area contributed by atoms with Gasteiger partial charge < -0.3 is 43.5 Å². The van der Waals surface area contributed by atoms with Gasteiger partial charge in [0.2, 0.25) is 5.79 Å². The summed E-state index contributed by atoms with van der Waals surface area (Å²) in [4.78, 5) is 72.5. The van der Waals surface area contributed by atoms with Crippen molar-refractivity contribution >= 4 is 29.2 Å². The van der Waals surface area contributed by atoms with Crippen LogP contribution in [-0.4, -0.2) is 134 Å². The quantitative estimate of drug-likeness (QED) is 0.132. The van der Waals surface area contributed by atoms with Crippen LogP contribution in [0.5, 0.6) is 0 Å². The van der Waals surface area contributed by atoms with E-state index in [9.17, 15) is 34.2 Å². The van der Waals surface area contributed by atoms with Crippen LogP contribution in [0, 0.1) is 41.4 Å². The number of aliphatic hydroxyl groups is 2. The zero-order valence-corrected chi connectivity index (χ0v) is 43.0. The number of ether oxygens (including phenoxy) is 6. The number of methoxy groups -OCH3 is 3. The summed E-state index contributed by atoms with van der Waals surface area (Å²) in [6.45, 7) is 15.5. The minimum atomic E-state index is -2.42. The number of allylic oxidation sites excluding steroid dienone is 6. The van der Waals surface area contributed by atoms with E-state index >= 15 is 0 Å². The van der Waals surface area contributed by atoms with Crippen molar-refractivity contribution in [2.75, 3.05) is 41.1 Å². The third kappa shape index (κ3) is 15.3. The topological polar surface area (TPSA) is 184 Å². The Morgan fingerprint density at radius 1 is 0.838 bits per heavy atom. The van der Waals surface area contributed by atoms with Crippen LogP contribution >= 0.6 is 0 Å². The smallest absolute Gasteiger partial charge is 0.329 e. The van der Waals surface area contributed by atoms with Crippen molar-refractivity contribution in [2.45, 2.75) is 181 Å². The molecule has 0 aromatic carbocycles. The minimum Gasteiger partial charge on any atom is -0.460 e. The molecule has 1 aliphatic carbocycles. The molecule has 2 saturated heterocycles. The van der Waals surface area contributed by atoms with E-state index in [0.717, 1.165) is 24.0 Å². The first-order chi connectivity index (χ1) is 32.3. The number of nitrogens with zero attached hydrogens (tertiary/aromatic N) is 1. The summed E-state index contributed by atoms with van der Waals surface area (Å²) in [6.07, 6.45) is 14.8. The van der Waals surface area contributed by atoms with Crippen LogP contribution in [0.3, 0.4) is 0 Å². The Labute approximate surface area is 406 Å². The molecule has 0 aromatic heterocycles. The molecular weight excluding hydrogens is 871 g/mol. The number of hydrogen-bond acceptors (Lipinski definition) is 13. The van der Waals surface area contributed by atoms with Crippen molar-refractivity contribution in [2.24, 2.45) is 41.4 Å². The van der Waals surface area contributed by atoms with Gasteiger partial charge in [0.15, 0.2) is 5.78 Å². The summed E-state index contributed by atoms with van der Waals surface area (Å²) >= 11 is 0. The lowest BCUT2D eigenvalue weighted by Gasteiger charge is -2.42. The Kier molecular flexibility index (Phi) is 23.0. The highest BCUT2D eigenvalue weighted by Gasteiger charge is 2.53. The first kappa shape index (κ1) is 57.2. The van der Waals surface area contributed by atoms with Crippen LogP contribution in [0.25, 0.3) is 0 Å². The molecule has 3 heterocycles. The van der Waals surface area contributed by atoms with E-state index < -0.39 is 65.7 Å². The molecule has 68 heavy (non-hydrogen) atoms. The number of piperidine rings is 1. The maximum Gasteiger partial charge on any atom is 0.329 e. The SMILES string of the molecule is COC1CC2CCC(C)C(O)(O2)C(=O)C(=O)N2CCCCC2C(=O)OC(C(C)CC2CCC(OCCO)C(OC)C2)CC(=O)C(C)/C=C(/C)C(C)C(OC)C(=O)C(C)CC(C)/C=C/C=C/C=C\1C. The zero-order valence-electron chi connectivity index (χ0n) is 43.0. The molecule has 384 valence electrons. The predicted octanol–water partition coefficient (Wildman–Crippen LogP) is 7.47. The normalized spacial score (nSPS) is 39.2. The van der Waals surface area contributed by atoms with Gasteiger partial charge in [0.25, 0.3) is 11.7 Å². The van der Waals surface area contributed by atoms with Gasteiger partial charge in [-0.05, 0) is 101 Å². The molecule has 2 N–H and O–H groups in total. The van der Waals surface area contributed by atoms with Gasteiger partial charge in [0.05, 0.1) is 37.6 Å². The number of hydrogen-bond donors (Lipinski definition) is 2. The average molecular weight is 956 g/mol. The molecule has 3 fully saturated rings. The number of carbonyl (C=O) groups is 5. The van der Waals surface area contributed by atoms with Crippen molar-refractivity contribution in [1.82, 2.24) is 4.90 Å². The molecule has 0 radical (unpaired) electrons. The number of fused-ring (bicyclic) bond motifs is 3. The third-order valence-electron chi connectivity index (χ3n) is 15.3. The van der Waals surface area contributed by atoms with Crippen molar-refractivity contribution in [3.05, 3.63) is 47.6 Å². The summed E-state index contributed by atoms with van der Waals surface area (Å²) < 4.78 is 35.9. The lowest BCUT2D eigenvalue weighted by Crippen LogP contribution is -2.61. The first-order valence-electron chi connectivity index (χ1n) is 25.3. The molecule has 3 aliphatic heterocycles. The standard InChI is InChI=1S/C54H85NO13/c1-33-17-13-12-14-18-34(2)46(63-9)31-42-22-20-39(7)54(62,68-42)51(59)52(60)55-24-16-15-19-43(55)53(61)67-47(37(5)29-41-21-23-45(66-26-25-56)48(30-41)64-10)32-44(57)36(4)28-35(3)40(8)50(65-11)49(58)38(6)27-33/h12-14,17-18,28,33,36-43,45-48,50,56,62H,15-16,19-27,29-32H2,1-11H3/b14-12+,17-13+,34-18-,35-28-. The van der Waals surface area contributed by atoms with E-state index in [1.165, 1.54) is 12.0 Å². The fourth-order valence-corrected chi connectivity index (χ4v) is 10.7. The van der Waals surface area contributed by atoms with E-state index in [1.807, 2.05) is 65.0 Å². The van der Waals surface area contributed by atoms with Crippen LogP contribution < -0.4 is 0 Å². The number of carbonyl (C=O) groups excluding carboxylic acids is 5. The molecule has 15 atom stereocenters. The van der Waals surface area contributed by atoms with Crippen LogP contribution in [0.2, 0.25) is 0 Å². The number of aliphatic hydroxyl groups excluding tert-OH is 1. The summed E-state index contributed by atoms with van der Waals surface area (Å²) in [5.74, 6) is -7.32. The first-order valence-corrected chi connectivity index (χ1v) is 25.3. The Bertz CT molecular complexity index is 1810. The molecule has 4 rings (SSSR count). The van der Waals surface area contributed by atoms with Crippen molar-refractivity contribution in [3.63, 3.8) is 0 Å². The predicted molar refractivity (Wildman–Crippen MR) is 259 cm³/mol. The van der Waals surface area contributed by atoms with Gasteiger partial charge in [-0.2, -0.15) is 0 Å². The average Bonchev–Trinajstić information content (AvgIpc) is 3.32. The molecule has 15 unspecified atom stereocenters. The Balaban J connectivity index is 1.70. The highest BCUT2D eigenvalue weighted by atomic mass is 16.6. The lowest BCUT2D eigenvalue weighted by molar-refractivity contribution is -0.265. The second kappa shape index (κ2) is 27.3. The Morgan fingerprint density at radius 3 is 2.25 bits per heavy atom. The van der Waals surface area contributed by atoms with E-state index in [2.05, 4.69) is 13.0 Å². The van der Waals surface area contributed by atoms with Gasteiger partial charge in [-0.15, -0.1) is 0 Å². The zero-order chi connectivity index (χ0) is 50.3. The summed E-state index contributed by atoms with van der Waals surface area (Å²) in [6, 6.07) is -1.11. The highest BCUT2D eigenvalue weighted by molar-refractivity contribution is 6.39. The van der Waals surface area contributed by atoms with Crippen molar-refractivity contribution in [3.8, 4) is 0 Å². The van der Waals surface area contributed by atoms with Crippen molar-refractivity contribution < 1.29 is 62.6 Å². The summed E-state index contributed by atoms with van der Waals surface area (Å²) in [5.41, 5.74) is 1.73. The van der Waals surface area contributed by atoms with Gasteiger partial charge in [-0.25, -0.2) is 4.79 Å². The molecule has 1 amide bonds. The van der Waals surface area contributed by atoms with Gasteiger partial charge in [-0.1, -0.05) is 83.6 Å². The number of esters is 1. The van der Waals surface area contributed by atoms with E-state index in [-0.39, 0.29) is 86.0 Å². The lowest BCUT2D eigenvalue weighted by atomic mass is 9.78. The van der Waals surface area contributed by atoms with Crippen LogP contribution in [0.15, 0.2) is 47.6 Å². The molecule has 0 aromatic rings. The van der Waals surface area contributed by atoms with Gasteiger partial charge in [0.1, 0.15) is 24.0 Å². The maximum atomic E-state index is 14.5. The highest BCUT2D eigenvalue weighted by Crippen LogP contribution is 2.38. The molecular formula is C54H85NO13. The molecule has 4 aliphatic rings. The van der Waals surface area contributed by atoms with Gasteiger partial charge in [0, 0.05) is 64.4 Å². The Hall–Kier alpha value is -3.37. The largest absolute Gasteiger partial charge is 0.460 e. The summed E-state index contributed by atoms with van der Waals surface area (Å²) in [5, 5.41) is 21.3.